The molecule has 0 saturated heterocycles. The zero-order valence-corrected chi connectivity index (χ0v) is 16.0. The van der Waals surface area contributed by atoms with Crippen LogP contribution in [0.25, 0.3) is 0 Å². The molecule has 0 aliphatic carbocycles. The highest BCUT2D eigenvalue weighted by atomic mass is 79.9. The number of carbonyl (C=O) groups is 1. The molecule has 4 heteroatoms. The maximum Gasteiger partial charge on any atom is 0.251 e. The molecule has 1 aromatic rings. The third-order valence-corrected chi connectivity index (χ3v) is 3.56. The Morgan fingerprint density at radius 1 is 1.18 bits per heavy atom. The van der Waals surface area contributed by atoms with Gasteiger partial charge in [-0.1, -0.05) is 57.5 Å². The normalized spacial score (nSPS) is 12.7. The van der Waals surface area contributed by atoms with E-state index in [0.717, 1.165) is 16.6 Å². The predicted molar refractivity (Wildman–Crippen MR) is 97.8 cm³/mol. The van der Waals surface area contributed by atoms with Crippen molar-refractivity contribution in [2.24, 2.45) is 15.8 Å². The lowest BCUT2D eigenvalue weighted by Gasteiger charge is -2.18. The van der Waals surface area contributed by atoms with E-state index in [4.69, 9.17) is 0 Å². The van der Waals surface area contributed by atoms with Crippen molar-refractivity contribution >= 4 is 28.1 Å². The van der Waals surface area contributed by atoms with Gasteiger partial charge in [-0.05, 0) is 29.0 Å². The first-order valence-electron chi connectivity index (χ1n) is 7.55. The van der Waals surface area contributed by atoms with E-state index in [9.17, 15) is 4.79 Å². The number of halogens is 1. The van der Waals surface area contributed by atoms with Gasteiger partial charge in [0, 0.05) is 34.9 Å². The third-order valence-electron chi connectivity index (χ3n) is 2.83. The molecule has 0 radical (unpaired) electrons. The van der Waals surface area contributed by atoms with Crippen molar-refractivity contribution in [3.8, 4) is 0 Å². The van der Waals surface area contributed by atoms with Crippen molar-refractivity contribution < 1.29 is 4.79 Å². The van der Waals surface area contributed by atoms with Gasteiger partial charge in [0.15, 0.2) is 0 Å². The van der Waals surface area contributed by atoms with Crippen molar-refractivity contribution in [1.29, 1.82) is 0 Å². The van der Waals surface area contributed by atoms with E-state index in [0.29, 0.717) is 12.1 Å². The van der Waals surface area contributed by atoms with E-state index in [1.54, 1.807) is 0 Å². The fourth-order valence-corrected chi connectivity index (χ4v) is 2.00. The van der Waals surface area contributed by atoms with Crippen molar-refractivity contribution in [3.05, 3.63) is 33.8 Å². The number of aliphatic imine (C=N–C) groups is 1. The van der Waals surface area contributed by atoms with Gasteiger partial charge < -0.3 is 5.32 Å². The van der Waals surface area contributed by atoms with Gasteiger partial charge in [0.2, 0.25) is 0 Å². The van der Waals surface area contributed by atoms with Crippen LogP contribution in [0.5, 0.6) is 0 Å². The molecule has 1 amide bonds. The Kier molecular flexibility index (Phi) is 6.36. The average Bonchev–Trinajstić information content (AvgIpc) is 2.36. The molecule has 3 nitrogen and oxygen atoms in total. The number of carbonyl (C=O) groups excluding carboxylic acids is 1. The Morgan fingerprint density at radius 2 is 1.82 bits per heavy atom. The Morgan fingerprint density at radius 3 is 2.36 bits per heavy atom. The Labute approximate surface area is 142 Å². The largest absolute Gasteiger partial charge is 0.352 e. The molecule has 0 saturated carbocycles. The number of nitrogens with one attached hydrogen (secondary N) is 1. The summed E-state index contributed by atoms with van der Waals surface area (Å²) in [5.41, 5.74) is 1.81. The Hall–Kier alpha value is -1.16. The van der Waals surface area contributed by atoms with Crippen LogP contribution in [0.3, 0.4) is 0 Å². The van der Waals surface area contributed by atoms with Crippen LogP contribution < -0.4 is 5.32 Å². The van der Waals surface area contributed by atoms with Crippen LogP contribution in [0.15, 0.2) is 27.7 Å². The fourth-order valence-electron chi connectivity index (χ4n) is 1.65. The minimum Gasteiger partial charge on any atom is -0.352 e. The Bertz CT molecular complexity index is 551. The molecule has 0 aliphatic rings. The summed E-state index contributed by atoms with van der Waals surface area (Å²) in [5.74, 6) is -0.0482. The minimum atomic E-state index is -0.0482. The number of rotatable bonds is 4. The van der Waals surface area contributed by atoms with Gasteiger partial charge in [-0.3, -0.25) is 9.79 Å². The minimum absolute atomic E-state index is 0.0482. The molecule has 1 aromatic carbocycles. The summed E-state index contributed by atoms with van der Waals surface area (Å²) in [6, 6.07) is 5.59. The fraction of sp³-hybridized carbons (Fsp3) is 0.556. The molecule has 0 heterocycles. The van der Waals surface area contributed by atoms with Gasteiger partial charge in [0.05, 0.1) is 0 Å². The SMILES string of the molecule is CC(C)(C)C/N=C/c1cc(C(=O)NCC(C)(C)C)ccc1Br. The van der Waals surface area contributed by atoms with Crippen LogP contribution >= 0.6 is 15.9 Å². The number of nitrogens with zero attached hydrogens (tertiary/aromatic N) is 1. The molecule has 0 aromatic heterocycles. The summed E-state index contributed by atoms with van der Waals surface area (Å²) in [4.78, 5) is 16.7. The zero-order chi connectivity index (χ0) is 17.0. The summed E-state index contributed by atoms with van der Waals surface area (Å²) < 4.78 is 0.942. The van der Waals surface area contributed by atoms with Gasteiger partial charge in [0.1, 0.15) is 0 Å². The van der Waals surface area contributed by atoms with Crippen LogP contribution in [-0.4, -0.2) is 25.2 Å². The van der Waals surface area contributed by atoms with Crippen molar-refractivity contribution in [2.75, 3.05) is 13.1 Å². The van der Waals surface area contributed by atoms with Crippen molar-refractivity contribution in [3.63, 3.8) is 0 Å². The summed E-state index contributed by atoms with van der Waals surface area (Å²) in [7, 11) is 0. The molecule has 0 bridgehead atoms. The smallest absolute Gasteiger partial charge is 0.251 e. The summed E-state index contributed by atoms with van der Waals surface area (Å²) >= 11 is 3.51. The first-order valence-corrected chi connectivity index (χ1v) is 8.35. The predicted octanol–water partition coefficient (Wildman–Crippen LogP) is 4.69. The van der Waals surface area contributed by atoms with E-state index >= 15 is 0 Å². The Balaban J connectivity index is 2.83. The molecular formula is C18H27BrN2O. The first-order chi connectivity index (χ1) is 9.98. The lowest BCUT2D eigenvalue weighted by Crippen LogP contribution is -2.32. The van der Waals surface area contributed by atoms with Gasteiger partial charge >= 0.3 is 0 Å². The van der Waals surface area contributed by atoms with Crippen molar-refractivity contribution in [2.45, 2.75) is 41.5 Å². The summed E-state index contributed by atoms with van der Waals surface area (Å²) in [6.45, 7) is 14.1. The van der Waals surface area contributed by atoms with E-state index in [1.165, 1.54) is 0 Å². The first kappa shape index (κ1) is 18.9. The highest BCUT2D eigenvalue weighted by Gasteiger charge is 2.14. The lowest BCUT2D eigenvalue weighted by atomic mass is 9.97. The van der Waals surface area contributed by atoms with Gasteiger partial charge in [-0.25, -0.2) is 0 Å². The highest BCUT2D eigenvalue weighted by Crippen LogP contribution is 2.18. The summed E-state index contributed by atoms with van der Waals surface area (Å²) in [6.07, 6.45) is 1.83. The standard InChI is InChI=1S/C18H27BrN2O/c1-17(2,3)11-20-10-14-9-13(7-8-15(14)19)16(22)21-12-18(4,5)6/h7-10H,11-12H2,1-6H3,(H,21,22)/b20-10+. The molecule has 0 unspecified atom stereocenters. The van der Waals surface area contributed by atoms with E-state index < -0.39 is 0 Å². The molecule has 0 spiro atoms. The molecule has 0 fully saturated rings. The molecule has 0 aliphatic heterocycles. The maximum atomic E-state index is 12.2. The van der Waals surface area contributed by atoms with Crippen molar-refractivity contribution in [1.82, 2.24) is 5.32 Å². The van der Waals surface area contributed by atoms with Gasteiger partial charge in [-0.2, -0.15) is 0 Å². The summed E-state index contributed by atoms with van der Waals surface area (Å²) in [5, 5.41) is 2.97. The quantitative estimate of drug-likeness (QED) is 0.771. The van der Waals surface area contributed by atoms with E-state index in [2.05, 4.69) is 67.8 Å². The third kappa shape index (κ3) is 7.21. The van der Waals surface area contributed by atoms with Crippen LogP contribution in [0.4, 0.5) is 0 Å². The van der Waals surface area contributed by atoms with E-state index in [1.807, 2.05) is 24.4 Å². The van der Waals surface area contributed by atoms with Crippen LogP contribution in [0.1, 0.15) is 57.5 Å². The highest BCUT2D eigenvalue weighted by molar-refractivity contribution is 9.10. The number of benzene rings is 1. The molecule has 1 rings (SSSR count). The molecular weight excluding hydrogens is 340 g/mol. The maximum absolute atomic E-state index is 12.2. The second kappa shape index (κ2) is 7.40. The lowest BCUT2D eigenvalue weighted by molar-refractivity contribution is 0.0939. The second-order valence-corrected chi connectivity index (χ2v) is 8.86. The van der Waals surface area contributed by atoms with Gasteiger partial charge in [-0.15, -0.1) is 0 Å². The zero-order valence-electron chi connectivity index (χ0n) is 14.5. The van der Waals surface area contributed by atoms with Crippen LogP contribution in [-0.2, 0) is 0 Å². The molecule has 1 N–H and O–H groups in total. The van der Waals surface area contributed by atoms with Gasteiger partial charge in [0.25, 0.3) is 5.91 Å². The monoisotopic (exact) mass is 366 g/mol. The molecule has 122 valence electrons. The topological polar surface area (TPSA) is 41.5 Å². The van der Waals surface area contributed by atoms with E-state index in [-0.39, 0.29) is 16.7 Å². The second-order valence-electron chi connectivity index (χ2n) is 8.01. The molecule has 22 heavy (non-hydrogen) atoms. The van der Waals surface area contributed by atoms with Crippen LogP contribution in [0, 0.1) is 10.8 Å². The number of hydrogen-bond donors (Lipinski definition) is 1. The average molecular weight is 367 g/mol. The van der Waals surface area contributed by atoms with Crippen LogP contribution in [0.2, 0.25) is 0 Å². The number of amides is 1. The molecule has 0 atom stereocenters. The number of hydrogen-bond acceptors (Lipinski definition) is 2.